The number of nitrogens with two attached hydrogens (primary N) is 1. The Morgan fingerprint density at radius 1 is 1.25 bits per heavy atom. The summed E-state index contributed by atoms with van der Waals surface area (Å²) in [6, 6.07) is 1.29. The molecular formula is C13H18N4O3. The minimum Gasteiger partial charge on any atom is -0.384 e. The summed E-state index contributed by atoms with van der Waals surface area (Å²) in [5, 5.41) is 11.0. The number of rotatable bonds is 2. The van der Waals surface area contributed by atoms with Gasteiger partial charge in [-0.05, 0) is 18.9 Å². The fourth-order valence-corrected chi connectivity index (χ4v) is 2.40. The molecule has 20 heavy (non-hydrogen) atoms. The molecule has 0 unspecified atom stereocenters. The highest BCUT2D eigenvalue weighted by atomic mass is 16.6. The first-order chi connectivity index (χ1) is 9.59. The van der Waals surface area contributed by atoms with Gasteiger partial charge in [-0.25, -0.2) is 4.98 Å². The molecule has 0 bridgehead atoms. The number of hydrogen-bond acceptors (Lipinski definition) is 5. The molecule has 0 radical (unpaired) electrons. The molecule has 0 aliphatic carbocycles. The Kier molecular flexibility index (Phi) is 4.49. The van der Waals surface area contributed by atoms with Crippen molar-refractivity contribution in [3.63, 3.8) is 0 Å². The van der Waals surface area contributed by atoms with Crippen LogP contribution in [0.4, 0.5) is 11.5 Å². The van der Waals surface area contributed by atoms with E-state index in [1.54, 1.807) is 4.90 Å². The number of anilines is 1. The van der Waals surface area contributed by atoms with Gasteiger partial charge in [-0.15, -0.1) is 0 Å². The van der Waals surface area contributed by atoms with Crippen LogP contribution in [0, 0.1) is 10.1 Å². The van der Waals surface area contributed by atoms with Crippen molar-refractivity contribution in [1.29, 1.82) is 0 Å². The van der Waals surface area contributed by atoms with Gasteiger partial charge >= 0.3 is 0 Å². The third-order valence-electron chi connectivity index (χ3n) is 3.47. The van der Waals surface area contributed by atoms with Gasteiger partial charge in [0, 0.05) is 13.1 Å². The number of pyridine rings is 1. The van der Waals surface area contributed by atoms with E-state index >= 15 is 0 Å². The fraction of sp³-hybridized carbons (Fsp3) is 0.538. The summed E-state index contributed by atoms with van der Waals surface area (Å²) in [4.78, 5) is 28.3. The molecular weight excluding hydrogens is 260 g/mol. The highest BCUT2D eigenvalue weighted by Gasteiger charge is 2.25. The maximum absolute atomic E-state index is 12.5. The first kappa shape index (κ1) is 14.2. The van der Waals surface area contributed by atoms with Crippen LogP contribution >= 0.6 is 0 Å². The average Bonchev–Trinajstić information content (AvgIpc) is 2.37. The van der Waals surface area contributed by atoms with Gasteiger partial charge in [0.25, 0.3) is 11.6 Å². The molecule has 2 rings (SSSR count). The number of carbonyl (C=O) groups is 1. The first-order valence-electron chi connectivity index (χ1n) is 6.79. The lowest BCUT2D eigenvalue weighted by Gasteiger charge is -2.24. The Bertz CT molecular complexity index is 510. The summed E-state index contributed by atoms with van der Waals surface area (Å²) < 4.78 is 0. The number of likely N-dealkylation sites (tertiary alicyclic amines) is 1. The highest BCUT2D eigenvalue weighted by molar-refractivity contribution is 5.98. The summed E-state index contributed by atoms with van der Waals surface area (Å²) in [6.45, 7) is 1.27. The predicted molar refractivity (Wildman–Crippen MR) is 74.3 cm³/mol. The van der Waals surface area contributed by atoms with Gasteiger partial charge in [-0.1, -0.05) is 19.3 Å². The second kappa shape index (κ2) is 6.31. The minimum atomic E-state index is -0.594. The molecule has 1 saturated heterocycles. The van der Waals surface area contributed by atoms with Crippen molar-refractivity contribution in [1.82, 2.24) is 9.88 Å². The molecule has 108 valence electrons. The van der Waals surface area contributed by atoms with Gasteiger partial charge in [-0.3, -0.25) is 14.9 Å². The highest BCUT2D eigenvalue weighted by Crippen LogP contribution is 2.22. The van der Waals surface area contributed by atoms with E-state index in [0.717, 1.165) is 31.9 Å². The van der Waals surface area contributed by atoms with Gasteiger partial charge in [0.2, 0.25) is 0 Å². The third kappa shape index (κ3) is 3.23. The molecule has 1 fully saturated rings. The van der Waals surface area contributed by atoms with Crippen LogP contribution in [0.2, 0.25) is 0 Å². The third-order valence-corrected chi connectivity index (χ3v) is 3.47. The van der Waals surface area contributed by atoms with E-state index in [9.17, 15) is 14.9 Å². The summed E-state index contributed by atoms with van der Waals surface area (Å²) >= 11 is 0. The van der Waals surface area contributed by atoms with Crippen LogP contribution in [-0.2, 0) is 0 Å². The Hall–Kier alpha value is -2.18. The van der Waals surface area contributed by atoms with Crippen molar-refractivity contribution >= 4 is 17.4 Å². The van der Waals surface area contributed by atoms with Crippen LogP contribution in [0.25, 0.3) is 0 Å². The predicted octanol–water partition coefficient (Wildman–Crippen LogP) is 1.98. The molecule has 1 aromatic heterocycles. The summed E-state index contributed by atoms with van der Waals surface area (Å²) in [6.07, 6.45) is 6.27. The van der Waals surface area contributed by atoms with E-state index in [1.165, 1.54) is 12.5 Å². The van der Waals surface area contributed by atoms with E-state index in [-0.39, 0.29) is 23.0 Å². The van der Waals surface area contributed by atoms with Crippen molar-refractivity contribution in [2.45, 2.75) is 32.1 Å². The SMILES string of the molecule is Nc1cc(C(=O)N2CCCCCCC2)c([N+](=O)[O-])cn1. The summed E-state index contributed by atoms with van der Waals surface area (Å²) in [5.41, 5.74) is 5.29. The minimum absolute atomic E-state index is 0.0306. The van der Waals surface area contributed by atoms with Gasteiger partial charge < -0.3 is 10.6 Å². The van der Waals surface area contributed by atoms with E-state index < -0.39 is 4.92 Å². The van der Waals surface area contributed by atoms with Crippen LogP contribution in [-0.4, -0.2) is 33.8 Å². The molecule has 1 aromatic rings. The number of amides is 1. The number of aromatic nitrogens is 1. The van der Waals surface area contributed by atoms with Crippen molar-refractivity contribution in [2.75, 3.05) is 18.8 Å². The Morgan fingerprint density at radius 3 is 2.45 bits per heavy atom. The zero-order chi connectivity index (χ0) is 14.5. The molecule has 1 amide bonds. The molecule has 0 spiro atoms. The topological polar surface area (TPSA) is 102 Å². The van der Waals surface area contributed by atoms with Crippen LogP contribution < -0.4 is 5.73 Å². The monoisotopic (exact) mass is 278 g/mol. The lowest BCUT2D eigenvalue weighted by molar-refractivity contribution is -0.385. The molecule has 0 saturated carbocycles. The van der Waals surface area contributed by atoms with Gasteiger partial charge in [0.05, 0.1) is 4.92 Å². The second-order valence-corrected chi connectivity index (χ2v) is 4.94. The van der Waals surface area contributed by atoms with E-state index in [2.05, 4.69) is 4.98 Å². The van der Waals surface area contributed by atoms with Crippen molar-refractivity contribution in [2.24, 2.45) is 0 Å². The van der Waals surface area contributed by atoms with Gasteiger partial charge in [-0.2, -0.15) is 0 Å². The first-order valence-corrected chi connectivity index (χ1v) is 6.79. The van der Waals surface area contributed by atoms with E-state index in [4.69, 9.17) is 5.73 Å². The normalized spacial score (nSPS) is 16.3. The van der Waals surface area contributed by atoms with Crippen LogP contribution in [0.1, 0.15) is 42.5 Å². The number of nitrogen functional groups attached to an aromatic ring is 1. The zero-order valence-corrected chi connectivity index (χ0v) is 11.2. The van der Waals surface area contributed by atoms with Crippen LogP contribution in [0.5, 0.6) is 0 Å². The fourth-order valence-electron chi connectivity index (χ4n) is 2.40. The quantitative estimate of drug-likeness (QED) is 0.658. The van der Waals surface area contributed by atoms with Crippen molar-refractivity contribution < 1.29 is 9.72 Å². The van der Waals surface area contributed by atoms with Crippen molar-refractivity contribution in [3.8, 4) is 0 Å². The number of hydrogen-bond donors (Lipinski definition) is 1. The Labute approximate surface area is 116 Å². The number of nitrogens with zero attached hydrogens (tertiary/aromatic N) is 3. The smallest absolute Gasteiger partial charge is 0.300 e. The van der Waals surface area contributed by atoms with Gasteiger partial charge in [0.15, 0.2) is 0 Å². The van der Waals surface area contributed by atoms with Gasteiger partial charge in [0.1, 0.15) is 17.6 Å². The number of nitro groups is 1. The summed E-state index contributed by atoms with van der Waals surface area (Å²) in [7, 11) is 0. The standard InChI is InChI=1S/C13H18N4O3/c14-12-8-10(11(9-15-12)17(19)20)13(18)16-6-4-2-1-3-5-7-16/h8-9H,1-7H2,(H2,14,15). The van der Waals surface area contributed by atoms with Crippen molar-refractivity contribution in [3.05, 3.63) is 27.9 Å². The molecule has 7 nitrogen and oxygen atoms in total. The molecule has 0 aromatic carbocycles. The lowest BCUT2D eigenvalue weighted by atomic mass is 10.1. The Balaban J connectivity index is 2.26. The lowest BCUT2D eigenvalue weighted by Crippen LogP contribution is -2.34. The molecule has 2 heterocycles. The van der Waals surface area contributed by atoms with E-state index in [1.807, 2.05) is 0 Å². The molecule has 2 N–H and O–H groups in total. The average molecular weight is 278 g/mol. The second-order valence-electron chi connectivity index (χ2n) is 4.94. The Morgan fingerprint density at radius 2 is 1.85 bits per heavy atom. The zero-order valence-electron chi connectivity index (χ0n) is 11.2. The molecule has 7 heteroatoms. The van der Waals surface area contributed by atoms with Crippen LogP contribution in [0.15, 0.2) is 12.3 Å². The number of carbonyl (C=O) groups excluding carboxylic acids is 1. The summed E-state index contributed by atoms with van der Waals surface area (Å²) in [5.74, 6) is -0.210. The molecule has 1 aliphatic heterocycles. The maximum Gasteiger partial charge on any atom is 0.300 e. The molecule has 0 atom stereocenters. The van der Waals surface area contributed by atoms with E-state index in [0.29, 0.717) is 13.1 Å². The van der Waals surface area contributed by atoms with Crippen LogP contribution in [0.3, 0.4) is 0 Å². The largest absolute Gasteiger partial charge is 0.384 e. The maximum atomic E-state index is 12.5. The molecule has 1 aliphatic rings.